The van der Waals surface area contributed by atoms with Gasteiger partial charge in [-0.25, -0.2) is 0 Å². The summed E-state index contributed by atoms with van der Waals surface area (Å²) in [5.74, 6) is 1.16. The molecule has 6 heteroatoms. The highest BCUT2D eigenvalue weighted by Crippen LogP contribution is 2.29. The van der Waals surface area contributed by atoms with Crippen molar-refractivity contribution in [3.8, 4) is 5.75 Å². The fourth-order valence-corrected chi connectivity index (χ4v) is 3.54. The second kappa shape index (κ2) is 10.9. The molecule has 2 amide bonds. The van der Waals surface area contributed by atoms with Gasteiger partial charge in [-0.3, -0.25) is 9.59 Å². The first-order chi connectivity index (χ1) is 13.0. The number of benzene rings is 1. The van der Waals surface area contributed by atoms with Gasteiger partial charge in [-0.1, -0.05) is 18.2 Å². The Labute approximate surface area is 162 Å². The lowest BCUT2D eigenvalue weighted by Gasteiger charge is -2.27. The number of ether oxygens (including phenoxy) is 1. The Morgan fingerprint density at radius 1 is 1.00 bits per heavy atom. The minimum absolute atomic E-state index is 0.0218. The Kier molecular flexibility index (Phi) is 8.58. The van der Waals surface area contributed by atoms with Crippen molar-refractivity contribution in [1.82, 2.24) is 15.5 Å². The monoisotopic (exact) mass is 375 g/mol. The predicted octanol–water partition coefficient (Wildman–Crippen LogP) is 1.84. The van der Waals surface area contributed by atoms with Crippen LogP contribution in [0, 0.1) is 11.8 Å². The Bertz CT molecular complexity index is 610. The summed E-state index contributed by atoms with van der Waals surface area (Å²) < 4.78 is 5.34. The topological polar surface area (TPSA) is 70.7 Å². The van der Waals surface area contributed by atoms with E-state index in [9.17, 15) is 9.59 Å². The molecule has 0 bridgehead atoms. The molecule has 0 radical (unpaired) electrons. The van der Waals surface area contributed by atoms with E-state index in [1.165, 1.54) is 0 Å². The molecule has 27 heavy (non-hydrogen) atoms. The Hall–Kier alpha value is -2.08. The fourth-order valence-electron chi connectivity index (χ4n) is 3.54. The summed E-state index contributed by atoms with van der Waals surface area (Å²) in [5, 5.41) is 6.04. The molecular formula is C21H33N3O3. The number of methoxy groups -OCH3 is 1. The van der Waals surface area contributed by atoms with Gasteiger partial charge in [-0.05, 0) is 57.8 Å². The summed E-state index contributed by atoms with van der Waals surface area (Å²) in [6.07, 6.45) is 3.90. The number of nitrogens with zero attached hydrogens (tertiary/aromatic N) is 1. The molecule has 2 rings (SSSR count). The van der Waals surface area contributed by atoms with E-state index in [4.69, 9.17) is 4.74 Å². The normalized spacial score (nSPS) is 19.6. The third kappa shape index (κ3) is 6.86. The number of carbonyl (C=O) groups is 2. The summed E-state index contributed by atoms with van der Waals surface area (Å²) in [6.45, 7) is 2.12. The Morgan fingerprint density at radius 2 is 1.56 bits per heavy atom. The van der Waals surface area contributed by atoms with Gasteiger partial charge in [0, 0.05) is 31.5 Å². The maximum atomic E-state index is 12.4. The molecule has 1 aromatic rings. The predicted molar refractivity (Wildman–Crippen MR) is 107 cm³/mol. The maximum Gasteiger partial charge on any atom is 0.223 e. The Balaban J connectivity index is 1.68. The van der Waals surface area contributed by atoms with Crippen LogP contribution in [0.4, 0.5) is 0 Å². The summed E-state index contributed by atoms with van der Waals surface area (Å²) in [5.41, 5.74) is 1.10. The van der Waals surface area contributed by atoms with E-state index >= 15 is 0 Å². The van der Waals surface area contributed by atoms with Crippen molar-refractivity contribution in [1.29, 1.82) is 0 Å². The van der Waals surface area contributed by atoms with Crippen LogP contribution in [0.1, 0.15) is 31.2 Å². The molecule has 150 valence electrons. The van der Waals surface area contributed by atoms with Crippen LogP contribution in [0.2, 0.25) is 0 Å². The van der Waals surface area contributed by atoms with E-state index in [0.717, 1.165) is 50.0 Å². The lowest BCUT2D eigenvalue weighted by molar-refractivity contribution is -0.130. The number of likely N-dealkylation sites (N-methyl/N-ethyl adjacent to an activating group) is 1. The van der Waals surface area contributed by atoms with Crippen LogP contribution in [-0.4, -0.2) is 57.6 Å². The Morgan fingerprint density at radius 3 is 2.11 bits per heavy atom. The van der Waals surface area contributed by atoms with Gasteiger partial charge in [0.05, 0.1) is 7.11 Å². The molecule has 1 fully saturated rings. The van der Waals surface area contributed by atoms with E-state index in [1.807, 2.05) is 43.3 Å². The first-order valence-electron chi connectivity index (χ1n) is 9.83. The van der Waals surface area contributed by atoms with Crippen LogP contribution in [0.25, 0.3) is 0 Å². The van der Waals surface area contributed by atoms with Crippen LogP contribution in [0.15, 0.2) is 24.3 Å². The van der Waals surface area contributed by atoms with E-state index in [2.05, 4.69) is 10.6 Å². The SMILES string of the molecule is COc1ccccc1CCNC(=O)C1CCC(C(=O)NCCN(C)C)CC1. The second-order valence-electron chi connectivity index (χ2n) is 7.50. The quantitative estimate of drug-likeness (QED) is 0.691. The molecule has 0 unspecified atom stereocenters. The van der Waals surface area contributed by atoms with E-state index in [-0.39, 0.29) is 23.7 Å². The molecule has 0 aromatic heterocycles. The fraction of sp³-hybridized carbons (Fsp3) is 0.619. The van der Waals surface area contributed by atoms with Crippen LogP contribution < -0.4 is 15.4 Å². The number of rotatable bonds is 9. The standard InChI is InChI=1S/C21H33N3O3/c1-24(2)15-14-23-21(26)18-10-8-17(9-11-18)20(25)22-13-12-16-6-4-5-7-19(16)27-3/h4-7,17-18H,8-15H2,1-3H3,(H,22,25)(H,23,26). The van der Waals surface area contributed by atoms with Crippen molar-refractivity contribution in [2.75, 3.05) is 40.8 Å². The average molecular weight is 376 g/mol. The molecule has 0 heterocycles. The van der Waals surface area contributed by atoms with Crippen molar-refractivity contribution in [3.05, 3.63) is 29.8 Å². The molecule has 0 aliphatic heterocycles. The molecule has 1 aromatic carbocycles. The van der Waals surface area contributed by atoms with Gasteiger partial charge in [0.1, 0.15) is 5.75 Å². The largest absolute Gasteiger partial charge is 0.496 e. The van der Waals surface area contributed by atoms with Crippen LogP contribution in [-0.2, 0) is 16.0 Å². The van der Waals surface area contributed by atoms with E-state index < -0.39 is 0 Å². The number of hydrogen-bond donors (Lipinski definition) is 2. The third-order valence-electron chi connectivity index (χ3n) is 5.21. The van der Waals surface area contributed by atoms with Crippen molar-refractivity contribution >= 4 is 11.8 Å². The van der Waals surface area contributed by atoms with Gasteiger partial charge in [0.2, 0.25) is 11.8 Å². The summed E-state index contributed by atoms with van der Waals surface area (Å²) in [4.78, 5) is 26.7. The van der Waals surface area contributed by atoms with Crippen molar-refractivity contribution in [2.45, 2.75) is 32.1 Å². The van der Waals surface area contributed by atoms with Gasteiger partial charge >= 0.3 is 0 Å². The second-order valence-corrected chi connectivity index (χ2v) is 7.50. The van der Waals surface area contributed by atoms with Crippen molar-refractivity contribution in [2.24, 2.45) is 11.8 Å². The first kappa shape index (κ1) is 21.2. The highest BCUT2D eigenvalue weighted by atomic mass is 16.5. The van der Waals surface area contributed by atoms with Crippen LogP contribution in [0.5, 0.6) is 5.75 Å². The number of carbonyl (C=O) groups excluding carboxylic acids is 2. The average Bonchev–Trinajstić information content (AvgIpc) is 2.68. The van der Waals surface area contributed by atoms with Crippen molar-refractivity contribution in [3.63, 3.8) is 0 Å². The zero-order chi connectivity index (χ0) is 19.6. The highest BCUT2D eigenvalue weighted by molar-refractivity contribution is 5.81. The van der Waals surface area contributed by atoms with Gasteiger partial charge in [0.25, 0.3) is 0 Å². The van der Waals surface area contributed by atoms with E-state index in [0.29, 0.717) is 13.1 Å². The summed E-state index contributed by atoms with van der Waals surface area (Å²) in [7, 11) is 5.64. The lowest BCUT2D eigenvalue weighted by atomic mass is 9.81. The van der Waals surface area contributed by atoms with Crippen LogP contribution in [0.3, 0.4) is 0 Å². The zero-order valence-corrected chi connectivity index (χ0v) is 16.8. The zero-order valence-electron chi connectivity index (χ0n) is 16.8. The number of hydrogen-bond acceptors (Lipinski definition) is 4. The molecule has 2 N–H and O–H groups in total. The first-order valence-corrected chi connectivity index (χ1v) is 9.83. The number of amides is 2. The minimum atomic E-state index is 0.0218. The molecule has 0 saturated heterocycles. The maximum absolute atomic E-state index is 12.4. The lowest BCUT2D eigenvalue weighted by Crippen LogP contribution is -2.39. The molecular weight excluding hydrogens is 342 g/mol. The molecule has 0 atom stereocenters. The van der Waals surface area contributed by atoms with Gasteiger partial charge in [-0.2, -0.15) is 0 Å². The summed E-state index contributed by atoms with van der Waals surface area (Å²) in [6, 6.07) is 7.87. The smallest absolute Gasteiger partial charge is 0.223 e. The number of nitrogens with one attached hydrogen (secondary N) is 2. The van der Waals surface area contributed by atoms with Gasteiger partial charge in [0.15, 0.2) is 0 Å². The van der Waals surface area contributed by atoms with Gasteiger partial charge in [-0.15, -0.1) is 0 Å². The minimum Gasteiger partial charge on any atom is -0.496 e. The molecule has 1 aliphatic rings. The van der Waals surface area contributed by atoms with Crippen LogP contribution >= 0.6 is 0 Å². The third-order valence-corrected chi connectivity index (χ3v) is 5.21. The molecule has 1 aliphatic carbocycles. The summed E-state index contributed by atoms with van der Waals surface area (Å²) >= 11 is 0. The van der Waals surface area contributed by atoms with E-state index in [1.54, 1.807) is 7.11 Å². The molecule has 0 spiro atoms. The van der Waals surface area contributed by atoms with Crippen molar-refractivity contribution < 1.29 is 14.3 Å². The number of para-hydroxylation sites is 1. The molecule has 6 nitrogen and oxygen atoms in total. The highest BCUT2D eigenvalue weighted by Gasteiger charge is 2.29. The molecule has 1 saturated carbocycles. The van der Waals surface area contributed by atoms with Gasteiger partial charge < -0.3 is 20.3 Å².